The number of carbonyl (C=O) groups excluding carboxylic acids is 2. The van der Waals surface area contributed by atoms with E-state index in [1.807, 2.05) is 48.5 Å². The Hall–Kier alpha value is -2.50. The van der Waals surface area contributed by atoms with Crippen LogP contribution in [0.15, 0.2) is 60.7 Å². The molecule has 2 aliphatic heterocycles. The highest BCUT2D eigenvalue weighted by Crippen LogP contribution is 2.38. The minimum absolute atomic E-state index is 0.0877. The lowest BCUT2D eigenvalue weighted by Crippen LogP contribution is -2.43. The van der Waals surface area contributed by atoms with Crippen LogP contribution in [-0.2, 0) is 16.1 Å². The molecule has 0 amide bonds. The fourth-order valence-corrected chi connectivity index (χ4v) is 4.45. The van der Waals surface area contributed by atoms with Gasteiger partial charge in [0, 0.05) is 25.2 Å². The Morgan fingerprint density at radius 1 is 1.00 bits per heavy atom. The molecule has 2 aromatic rings. The summed E-state index contributed by atoms with van der Waals surface area (Å²) < 4.78 is 5.07. The van der Waals surface area contributed by atoms with E-state index < -0.39 is 0 Å². The molecule has 4 rings (SSSR count). The summed E-state index contributed by atoms with van der Waals surface area (Å²) in [4.78, 5) is 30.1. The van der Waals surface area contributed by atoms with E-state index in [0.29, 0.717) is 12.0 Å². The van der Waals surface area contributed by atoms with Crippen molar-refractivity contribution in [3.63, 3.8) is 0 Å². The van der Waals surface area contributed by atoms with E-state index in [4.69, 9.17) is 4.74 Å². The van der Waals surface area contributed by atoms with Crippen LogP contribution in [0.4, 0.5) is 0 Å². The van der Waals surface area contributed by atoms with Crippen molar-refractivity contribution in [2.45, 2.75) is 25.2 Å². The van der Waals surface area contributed by atoms with Gasteiger partial charge in [-0.25, -0.2) is 0 Å². The number of esters is 1. The monoisotopic (exact) mass is 364 g/mol. The largest absolute Gasteiger partial charge is 0.469 e. The van der Waals surface area contributed by atoms with Crippen LogP contribution in [0, 0.1) is 5.92 Å². The first-order valence-corrected chi connectivity index (χ1v) is 9.40. The van der Waals surface area contributed by atoms with Crippen LogP contribution in [0.25, 0.3) is 0 Å². The number of hydrogen-bond acceptors (Lipinski definition) is 5. The SMILES string of the molecule is COC(=O)C1CC(C(=O)c2ccccc2)N2CCN(Cc3ccccc3)C12. The van der Waals surface area contributed by atoms with Crippen LogP contribution in [0.3, 0.4) is 0 Å². The van der Waals surface area contributed by atoms with Crippen molar-refractivity contribution >= 4 is 11.8 Å². The first-order chi connectivity index (χ1) is 13.2. The van der Waals surface area contributed by atoms with Gasteiger partial charge in [0.15, 0.2) is 5.78 Å². The first kappa shape index (κ1) is 17.9. The Balaban J connectivity index is 1.59. The van der Waals surface area contributed by atoms with E-state index in [1.54, 1.807) is 0 Å². The average molecular weight is 364 g/mol. The third-order valence-electron chi connectivity index (χ3n) is 5.69. The van der Waals surface area contributed by atoms with Crippen LogP contribution >= 0.6 is 0 Å². The second-order valence-corrected chi connectivity index (χ2v) is 7.22. The number of Topliss-reactive ketones (excluding diaryl/α,β-unsaturated/α-hetero) is 1. The smallest absolute Gasteiger partial charge is 0.311 e. The molecule has 0 N–H and O–H groups in total. The molecule has 140 valence electrons. The zero-order valence-electron chi connectivity index (χ0n) is 15.5. The van der Waals surface area contributed by atoms with E-state index in [9.17, 15) is 9.59 Å². The number of rotatable bonds is 5. The van der Waals surface area contributed by atoms with Crippen LogP contribution in [0.1, 0.15) is 22.3 Å². The predicted molar refractivity (Wildman–Crippen MR) is 102 cm³/mol. The molecule has 5 heteroatoms. The number of ether oxygens (including phenoxy) is 1. The van der Waals surface area contributed by atoms with Crippen LogP contribution in [0.2, 0.25) is 0 Å². The molecule has 5 nitrogen and oxygen atoms in total. The fourth-order valence-electron chi connectivity index (χ4n) is 4.45. The van der Waals surface area contributed by atoms with Gasteiger partial charge >= 0.3 is 5.97 Å². The highest BCUT2D eigenvalue weighted by molar-refractivity contribution is 6.00. The lowest BCUT2D eigenvalue weighted by molar-refractivity contribution is -0.147. The van der Waals surface area contributed by atoms with Gasteiger partial charge in [-0.3, -0.25) is 19.4 Å². The third-order valence-corrected chi connectivity index (χ3v) is 5.69. The maximum Gasteiger partial charge on any atom is 0.311 e. The maximum atomic E-state index is 13.1. The molecule has 2 fully saturated rings. The summed E-state index contributed by atoms with van der Waals surface area (Å²) in [6.07, 6.45) is 0.423. The molecule has 0 saturated carbocycles. The number of hydrogen-bond donors (Lipinski definition) is 0. The number of fused-ring (bicyclic) bond motifs is 1. The third kappa shape index (κ3) is 3.40. The molecule has 0 spiro atoms. The van der Waals surface area contributed by atoms with Gasteiger partial charge in [0.2, 0.25) is 0 Å². The van der Waals surface area contributed by atoms with E-state index >= 15 is 0 Å². The molecule has 0 aromatic heterocycles. The molecule has 2 saturated heterocycles. The molecular formula is C22H24N2O3. The molecule has 27 heavy (non-hydrogen) atoms. The standard InChI is InChI=1S/C22H24N2O3/c1-27-22(26)18-14-19(20(25)17-10-6-3-7-11-17)24-13-12-23(21(18)24)15-16-8-4-2-5-9-16/h2-11,18-19,21H,12-15H2,1H3. The van der Waals surface area contributed by atoms with Gasteiger partial charge in [-0.1, -0.05) is 60.7 Å². The van der Waals surface area contributed by atoms with E-state index in [1.165, 1.54) is 12.7 Å². The Labute approximate surface area is 159 Å². The van der Waals surface area contributed by atoms with Gasteiger partial charge in [0.1, 0.15) is 0 Å². The minimum Gasteiger partial charge on any atom is -0.469 e. The van der Waals surface area contributed by atoms with Gasteiger partial charge < -0.3 is 4.74 Å². The second-order valence-electron chi connectivity index (χ2n) is 7.22. The summed E-state index contributed by atoms with van der Waals surface area (Å²) in [5.74, 6) is -0.444. The van der Waals surface area contributed by atoms with Gasteiger partial charge in [0.25, 0.3) is 0 Å². The molecule has 3 unspecified atom stereocenters. The van der Waals surface area contributed by atoms with Crippen LogP contribution < -0.4 is 0 Å². The summed E-state index contributed by atoms with van der Waals surface area (Å²) in [5.41, 5.74) is 1.91. The molecule has 0 radical (unpaired) electrons. The fraction of sp³-hybridized carbons (Fsp3) is 0.364. The number of methoxy groups -OCH3 is 1. The van der Waals surface area contributed by atoms with Crippen molar-refractivity contribution in [2.24, 2.45) is 5.92 Å². The van der Waals surface area contributed by atoms with Crippen molar-refractivity contribution in [1.29, 1.82) is 0 Å². The summed E-state index contributed by atoms with van der Waals surface area (Å²) in [6.45, 7) is 2.39. The molecule has 2 heterocycles. The Morgan fingerprint density at radius 2 is 1.67 bits per heavy atom. The van der Waals surface area contributed by atoms with E-state index in [2.05, 4.69) is 21.9 Å². The molecule has 2 aliphatic rings. The molecule has 0 aliphatic carbocycles. The van der Waals surface area contributed by atoms with Crippen molar-refractivity contribution in [1.82, 2.24) is 9.80 Å². The lowest BCUT2D eigenvalue weighted by atomic mass is 9.97. The van der Waals surface area contributed by atoms with Crippen LogP contribution in [-0.4, -0.2) is 54.0 Å². The molecule has 3 atom stereocenters. The van der Waals surface area contributed by atoms with E-state index in [-0.39, 0.29) is 29.9 Å². The summed E-state index contributed by atoms with van der Waals surface area (Å²) in [6, 6.07) is 19.3. The number of ketones is 1. The maximum absolute atomic E-state index is 13.1. The Morgan fingerprint density at radius 3 is 2.33 bits per heavy atom. The highest BCUT2D eigenvalue weighted by Gasteiger charge is 2.53. The molecule has 0 bridgehead atoms. The normalized spacial score (nSPS) is 25.3. The Kier molecular flexibility index (Phi) is 5.05. The highest BCUT2D eigenvalue weighted by atomic mass is 16.5. The molecule has 2 aromatic carbocycles. The first-order valence-electron chi connectivity index (χ1n) is 9.40. The predicted octanol–water partition coefficient (Wildman–Crippen LogP) is 2.57. The average Bonchev–Trinajstić information content (AvgIpc) is 3.29. The topological polar surface area (TPSA) is 49.9 Å². The van der Waals surface area contributed by atoms with Crippen molar-refractivity contribution < 1.29 is 14.3 Å². The zero-order chi connectivity index (χ0) is 18.8. The van der Waals surface area contributed by atoms with Crippen LogP contribution in [0.5, 0.6) is 0 Å². The summed E-state index contributed by atoms with van der Waals surface area (Å²) in [5, 5.41) is 0. The summed E-state index contributed by atoms with van der Waals surface area (Å²) in [7, 11) is 1.43. The second kappa shape index (κ2) is 7.62. The van der Waals surface area contributed by atoms with Gasteiger partial charge in [-0.15, -0.1) is 0 Å². The number of carbonyl (C=O) groups is 2. The van der Waals surface area contributed by atoms with Gasteiger partial charge in [-0.2, -0.15) is 0 Å². The number of nitrogens with zero attached hydrogens (tertiary/aromatic N) is 2. The van der Waals surface area contributed by atoms with Gasteiger partial charge in [-0.05, 0) is 12.0 Å². The van der Waals surface area contributed by atoms with Gasteiger partial charge in [0.05, 0.1) is 25.2 Å². The van der Waals surface area contributed by atoms with Crippen molar-refractivity contribution in [2.75, 3.05) is 20.2 Å². The zero-order valence-corrected chi connectivity index (χ0v) is 15.5. The summed E-state index contributed by atoms with van der Waals surface area (Å²) >= 11 is 0. The number of benzene rings is 2. The van der Waals surface area contributed by atoms with Crippen molar-refractivity contribution in [3.05, 3.63) is 71.8 Å². The lowest BCUT2D eigenvalue weighted by Gasteiger charge is -2.29. The quantitative estimate of drug-likeness (QED) is 0.603. The minimum atomic E-state index is -0.307. The van der Waals surface area contributed by atoms with E-state index in [0.717, 1.165) is 19.6 Å². The molecular weight excluding hydrogens is 340 g/mol. The Bertz CT molecular complexity index is 809. The van der Waals surface area contributed by atoms with Crippen molar-refractivity contribution in [3.8, 4) is 0 Å².